The van der Waals surface area contributed by atoms with Crippen LogP contribution < -0.4 is 5.32 Å². The molecule has 0 aliphatic rings. The molecule has 0 aromatic rings. The van der Waals surface area contributed by atoms with Crippen LogP contribution in [0.15, 0.2) is 24.9 Å². The number of quaternary nitrogens is 1. The van der Waals surface area contributed by atoms with E-state index in [1.807, 2.05) is 6.20 Å². The first-order valence-electron chi connectivity index (χ1n) is 4.79. The molecular formula is C11H21N2O+. The van der Waals surface area contributed by atoms with E-state index in [-0.39, 0.29) is 5.91 Å². The summed E-state index contributed by atoms with van der Waals surface area (Å²) in [4.78, 5) is 11.1. The standard InChI is InChI=1S/C11H20N2O/c1-6-13(4,5)9-7-8-12-11(14)10(2)3/h6H,1-2,7-9H2,3-5H3/p+1. The van der Waals surface area contributed by atoms with Crippen LogP contribution in [-0.4, -0.2) is 37.6 Å². The van der Waals surface area contributed by atoms with E-state index in [2.05, 4.69) is 32.6 Å². The van der Waals surface area contributed by atoms with E-state index in [4.69, 9.17) is 0 Å². The van der Waals surface area contributed by atoms with Crippen LogP contribution in [0.5, 0.6) is 0 Å². The molecule has 3 heteroatoms. The molecule has 0 fully saturated rings. The monoisotopic (exact) mass is 197 g/mol. The molecule has 0 atom stereocenters. The van der Waals surface area contributed by atoms with E-state index >= 15 is 0 Å². The predicted octanol–water partition coefficient (Wildman–Crippen LogP) is 1.29. The van der Waals surface area contributed by atoms with E-state index in [0.29, 0.717) is 12.1 Å². The molecule has 1 N–H and O–H groups in total. The van der Waals surface area contributed by atoms with Crippen molar-refractivity contribution < 1.29 is 9.28 Å². The zero-order chi connectivity index (χ0) is 11.2. The second kappa shape index (κ2) is 5.60. The van der Waals surface area contributed by atoms with Crippen LogP contribution in [0, 0.1) is 0 Å². The third-order valence-corrected chi connectivity index (χ3v) is 2.08. The summed E-state index contributed by atoms with van der Waals surface area (Å²) in [6, 6.07) is 0. The van der Waals surface area contributed by atoms with Gasteiger partial charge in [0, 0.05) is 18.5 Å². The highest BCUT2D eigenvalue weighted by atomic mass is 16.1. The first-order chi connectivity index (χ1) is 6.39. The Hall–Kier alpha value is -1.09. The largest absolute Gasteiger partial charge is 0.352 e. The highest BCUT2D eigenvalue weighted by Gasteiger charge is 2.09. The predicted molar refractivity (Wildman–Crippen MR) is 59.6 cm³/mol. The Morgan fingerprint density at radius 1 is 1.50 bits per heavy atom. The van der Waals surface area contributed by atoms with Crippen molar-refractivity contribution in [2.24, 2.45) is 0 Å². The average molecular weight is 197 g/mol. The second-order valence-electron chi connectivity index (χ2n) is 4.07. The van der Waals surface area contributed by atoms with Crippen molar-refractivity contribution in [1.82, 2.24) is 5.32 Å². The average Bonchev–Trinajstić information content (AvgIpc) is 2.12. The van der Waals surface area contributed by atoms with Gasteiger partial charge < -0.3 is 9.80 Å². The van der Waals surface area contributed by atoms with Crippen LogP contribution in [0.3, 0.4) is 0 Å². The molecule has 0 heterocycles. The fourth-order valence-electron chi connectivity index (χ4n) is 0.931. The molecule has 0 aromatic heterocycles. The second-order valence-corrected chi connectivity index (χ2v) is 4.07. The Balaban J connectivity index is 3.62. The highest BCUT2D eigenvalue weighted by Crippen LogP contribution is 1.98. The first-order valence-corrected chi connectivity index (χ1v) is 4.79. The van der Waals surface area contributed by atoms with Gasteiger partial charge in [0.05, 0.1) is 26.8 Å². The summed E-state index contributed by atoms with van der Waals surface area (Å²) in [6.45, 7) is 10.7. The zero-order valence-electron chi connectivity index (χ0n) is 9.47. The molecule has 14 heavy (non-hydrogen) atoms. The van der Waals surface area contributed by atoms with Crippen LogP contribution in [0.25, 0.3) is 0 Å². The number of hydrogen-bond acceptors (Lipinski definition) is 1. The van der Waals surface area contributed by atoms with Gasteiger partial charge in [0.1, 0.15) is 0 Å². The molecule has 1 amide bonds. The third kappa shape index (κ3) is 5.54. The van der Waals surface area contributed by atoms with Gasteiger partial charge in [-0.1, -0.05) is 6.58 Å². The van der Waals surface area contributed by atoms with Crippen molar-refractivity contribution in [3.63, 3.8) is 0 Å². The molecule has 0 radical (unpaired) electrons. The lowest BCUT2D eigenvalue weighted by molar-refractivity contribution is -0.838. The SMILES string of the molecule is C=C[N+](C)(C)CCCNC(=O)C(=C)C. The lowest BCUT2D eigenvalue weighted by atomic mass is 10.3. The highest BCUT2D eigenvalue weighted by molar-refractivity contribution is 5.91. The summed E-state index contributed by atoms with van der Waals surface area (Å²) in [7, 11) is 4.15. The van der Waals surface area contributed by atoms with Crippen molar-refractivity contribution in [2.75, 3.05) is 27.2 Å². The molecule has 0 rings (SSSR count). The van der Waals surface area contributed by atoms with Crippen molar-refractivity contribution in [1.29, 1.82) is 0 Å². The maximum Gasteiger partial charge on any atom is 0.246 e. The number of rotatable bonds is 6. The molecule has 0 unspecified atom stereocenters. The van der Waals surface area contributed by atoms with E-state index in [1.165, 1.54) is 0 Å². The Morgan fingerprint density at radius 3 is 2.50 bits per heavy atom. The zero-order valence-corrected chi connectivity index (χ0v) is 9.47. The minimum absolute atomic E-state index is 0.0612. The Labute approximate surface area is 86.7 Å². The molecule has 3 nitrogen and oxygen atoms in total. The molecule has 0 saturated heterocycles. The molecule has 0 saturated carbocycles. The summed E-state index contributed by atoms with van der Waals surface area (Å²) in [5.41, 5.74) is 0.558. The first kappa shape index (κ1) is 12.9. The molecule has 0 spiro atoms. The van der Waals surface area contributed by atoms with Gasteiger partial charge in [-0.2, -0.15) is 0 Å². The number of carbonyl (C=O) groups is 1. The Morgan fingerprint density at radius 2 is 2.07 bits per heavy atom. The van der Waals surface area contributed by atoms with Gasteiger partial charge >= 0.3 is 0 Å². The van der Waals surface area contributed by atoms with Crippen LogP contribution in [0.2, 0.25) is 0 Å². The molecule has 0 aliphatic carbocycles. The van der Waals surface area contributed by atoms with Crippen LogP contribution in [0.1, 0.15) is 13.3 Å². The summed E-state index contributed by atoms with van der Waals surface area (Å²) in [5, 5.41) is 2.80. The van der Waals surface area contributed by atoms with Crippen molar-refractivity contribution >= 4 is 5.91 Å². The number of nitrogens with one attached hydrogen (secondary N) is 1. The van der Waals surface area contributed by atoms with Gasteiger partial charge in [-0.25, -0.2) is 0 Å². The normalized spacial score (nSPS) is 10.8. The minimum atomic E-state index is -0.0612. The lowest BCUT2D eigenvalue weighted by Crippen LogP contribution is -2.36. The van der Waals surface area contributed by atoms with Gasteiger partial charge in [0.25, 0.3) is 0 Å². The van der Waals surface area contributed by atoms with E-state index in [9.17, 15) is 4.79 Å². The van der Waals surface area contributed by atoms with E-state index in [1.54, 1.807) is 6.92 Å². The minimum Gasteiger partial charge on any atom is -0.352 e. The number of nitrogens with zero attached hydrogens (tertiary/aromatic N) is 1. The van der Waals surface area contributed by atoms with Crippen molar-refractivity contribution in [3.05, 3.63) is 24.9 Å². The smallest absolute Gasteiger partial charge is 0.246 e. The summed E-state index contributed by atoms with van der Waals surface area (Å²) in [5.74, 6) is -0.0612. The molecule has 0 aromatic carbocycles. The maximum atomic E-state index is 11.1. The number of hydrogen-bond donors (Lipinski definition) is 1. The van der Waals surface area contributed by atoms with Gasteiger partial charge in [-0.15, -0.1) is 0 Å². The van der Waals surface area contributed by atoms with Crippen LogP contribution in [-0.2, 0) is 4.79 Å². The van der Waals surface area contributed by atoms with Gasteiger partial charge in [-0.05, 0) is 13.5 Å². The maximum absolute atomic E-state index is 11.1. The molecular weight excluding hydrogens is 176 g/mol. The van der Waals surface area contributed by atoms with Crippen molar-refractivity contribution in [2.45, 2.75) is 13.3 Å². The Bertz CT molecular complexity index is 231. The van der Waals surface area contributed by atoms with Gasteiger partial charge in [0.2, 0.25) is 5.91 Å². The summed E-state index contributed by atoms with van der Waals surface area (Å²) < 4.78 is 0.767. The fraction of sp³-hybridized carbons (Fsp3) is 0.545. The third-order valence-electron chi connectivity index (χ3n) is 2.08. The lowest BCUT2D eigenvalue weighted by Gasteiger charge is -2.24. The van der Waals surface area contributed by atoms with Gasteiger partial charge in [-0.3, -0.25) is 4.79 Å². The fourth-order valence-corrected chi connectivity index (χ4v) is 0.931. The number of carbonyl (C=O) groups excluding carboxylic acids is 1. The van der Waals surface area contributed by atoms with E-state index < -0.39 is 0 Å². The number of amides is 1. The van der Waals surface area contributed by atoms with Crippen LogP contribution >= 0.6 is 0 Å². The van der Waals surface area contributed by atoms with Gasteiger partial charge in [0.15, 0.2) is 0 Å². The van der Waals surface area contributed by atoms with Crippen molar-refractivity contribution in [3.8, 4) is 0 Å². The van der Waals surface area contributed by atoms with E-state index in [0.717, 1.165) is 17.4 Å². The summed E-state index contributed by atoms with van der Waals surface area (Å²) >= 11 is 0. The quantitative estimate of drug-likeness (QED) is 0.388. The Kier molecular flexibility index (Phi) is 5.16. The van der Waals surface area contributed by atoms with Crippen LogP contribution in [0.4, 0.5) is 0 Å². The molecule has 0 bridgehead atoms. The topological polar surface area (TPSA) is 29.1 Å². The molecule has 80 valence electrons. The molecule has 0 aliphatic heterocycles. The summed E-state index contributed by atoms with van der Waals surface area (Å²) in [6.07, 6.45) is 2.83.